The second kappa shape index (κ2) is 9.01. The zero-order valence-electron chi connectivity index (χ0n) is 14.4. The molecular formula is C21H13IN2O4. The molecule has 0 atom stereocenters. The van der Waals surface area contributed by atoms with Crippen LogP contribution in [0.1, 0.15) is 16.1 Å². The highest BCUT2D eigenvalue weighted by molar-refractivity contribution is 14.1. The summed E-state index contributed by atoms with van der Waals surface area (Å²) >= 11 is 2.14. The van der Waals surface area contributed by atoms with Crippen molar-refractivity contribution in [3.8, 4) is 11.8 Å². The van der Waals surface area contributed by atoms with Gasteiger partial charge in [-0.15, -0.1) is 0 Å². The van der Waals surface area contributed by atoms with Crippen LogP contribution >= 0.6 is 22.6 Å². The van der Waals surface area contributed by atoms with E-state index in [1.165, 1.54) is 18.4 Å². The second-order valence-electron chi connectivity index (χ2n) is 5.57. The molecule has 1 aromatic heterocycles. The smallest absolute Gasteiger partial charge is 0.379 e. The van der Waals surface area contributed by atoms with Gasteiger partial charge in [0.25, 0.3) is 5.91 Å². The van der Waals surface area contributed by atoms with Crippen molar-refractivity contribution >= 4 is 46.2 Å². The van der Waals surface area contributed by atoms with Crippen molar-refractivity contribution in [3.63, 3.8) is 0 Å². The van der Waals surface area contributed by atoms with E-state index >= 15 is 0 Å². The van der Waals surface area contributed by atoms with Crippen molar-refractivity contribution < 1.29 is 18.7 Å². The van der Waals surface area contributed by atoms with Crippen LogP contribution in [-0.2, 0) is 4.79 Å². The molecule has 0 aliphatic heterocycles. The normalized spacial score (nSPS) is 10.8. The summed E-state index contributed by atoms with van der Waals surface area (Å²) in [5, 5.41) is 12.0. The van der Waals surface area contributed by atoms with Gasteiger partial charge < -0.3 is 14.5 Å². The number of esters is 1. The lowest BCUT2D eigenvalue weighted by Crippen LogP contribution is -2.13. The van der Waals surface area contributed by atoms with Gasteiger partial charge in [0.05, 0.1) is 6.26 Å². The molecule has 0 saturated carbocycles. The minimum Gasteiger partial charge on any atom is -0.457 e. The van der Waals surface area contributed by atoms with E-state index < -0.39 is 11.9 Å². The molecule has 0 fully saturated rings. The molecule has 6 nitrogen and oxygen atoms in total. The molecule has 0 aliphatic rings. The van der Waals surface area contributed by atoms with Gasteiger partial charge in [0.15, 0.2) is 0 Å². The summed E-state index contributed by atoms with van der Waals surface area (Å²) < 4.78 is 11.1. The highest BCUT2D eigenvalue weighted by atomic mass is 127. The summed E-state index contributed by atoms with van der Waals surface area (Å²) in [6.07, 6.45) is 2.84. The Labute approximate surface area is 174 Å². The standard InChI is InChI=1S/C21H13IN2O4/c22-16-3-1-4-17(12-16)24-20(25)15(13-23)11-14-6-8-18(9-7-14)28-21(26)19-5-2-10-27-19/h1-12H,(H,24,25). The Morgan fingerprint density at radius 1 is 1.11 bits per heavy atom. The van der Waals surface area contributed by atoms with Gasteiger partial charge in [-0.05, 0) is 76.7 Å². The second-order valence-corrected chi connectivity index (χ2v) is 6.82. The van der Waals surface area contributed by atoms with Gasteiger partial charge in [-0.1, -0.05) is 18.2 Å². The molecule has 0 aliphatic carbocycles. The largest absolute Gasteiger partial charge is 0.457 e. The van der Waals surface area contributed by atoms with E-state index in [2.05, 4.69) is 27.9 Å². The van der Waals surface area contributed by atoms with Crippen LogP contribution in [0.2, 0.25) is 0 Å². The highest BCUT2D eigenvalue weighted by Gasteiger charge is 2.12. The molecule has 3 rings (SSSR count). The molecule has 138 valence electrons. The molecule has 2 aromatic carbocycles. The van der Waals surface area contributed by atoms with E-state index in [1.807, 2.05) is 18.2 Å². The SMILES string of the molecule is N#CC(=Cc1ccc(OC(=O)c2ccco2)cc1)C(=O)Nc1cccc(I)c1. The summed E-state index contributed by atoms with van der Waals surface area (Å²) in [6, 6.07) is 18.7. The number of carbonyl (C=O) groups excluding carboxylic acids is 2. The van der Waals surface area contributed by atoms with Crippen molar-refractivity contribution in [2.45, 2.75) is 0 Å². The zero-order valence-corrected chi connectivity index (χ0v) is 16.5. The van der Waals surface area contributed by atoms with Gasteiger partial charge in [0.1, 0.15) is 17.4 Å². The Hall–Kier alpha value is -3.38. The summed E-state index contributed by atoms with van der Waals surface area (Å²) in [6.45, 7) is 0. The number of hydrogen-bond acceptors (Lipinski definition) is 5. The highest BCUT2D eigenvalue weighted by Crippen LogP contribution is 2.18. The molecule has 7 heteroatoms. The van der Waals surface area contributed by atoms with Gasteiger partial charge in [0.2, 0.25) is 5.76 Å². The molecule has 0 bridgehead atoms. The van der Waals surface area contributed by atoms with E-state index in [0.717, 1.165) is 3.57 Å². The fraction of sp³-hybridized carbons (Fsp3) is 0. The predicted octanol–water partition coefficient (Wildman–Crippen LogP) is 4.65. The van der Waals surface area contributed by atoms with Crippen molar-refractivity contribution in [1.29, 1.82) is 5.26 Å². The van der Waals surface area contributed by atoms with Crippen LogP contribution in [0.4, 0.5) is 5.69 Å². The Bertz CT molecular complexity index is 1060. The number of anilines is 1. The van der Waals surface area contributed by atoms with Gasteiger partial charge in [-0.25, -0.2) is 4.79 Å². The number of benzene rings is 2. The monoisotopic (exact) mass is 484 g/mol. The van der Waals surface area contributed by atoms with Crippen LogP contribution in [0.3, 0.4) is 0 Å². The van der Waals surface area contributed by atoms with Gasteiger partial charge >= 0.3 is 5.97 Å². The quantitative estimate of drug-likeness (QED) is 0.187. The summed E-state index contributed by atoms with van der Waals surface area (Å²) in [5.41, 5.74) is 1.18. The first kappa shape index (κ1) is 19.4. The van der Waals surface area contributed by atoms with Crippen molar-refractivity contribution in [3.05, 3.63) is 87.4 Å². The Kier molecular flexibility index (Phi) is 6.24. The van der Waals surface area contributed by atoms with E-state index in [0.29, 0.717) is 17.0 Å². The zero-order chi connectivity index (χ0) is 19.9. The van der Waals surface area contributed by atoms with Crippen LogP contribution in [0.15, 0.2) is 76.9 Å². The maximum atomic E-state index is 12.3. The lowest BCUT2D eigenvalue weighted by Gasteiger charge is -2.05. The number of rotatable bonds is 5. The number of nitriles is 1. The van der Waals surface area contributed by atoms with E-state index in [4.69, 9.17) is 9.15 Å². The molecule has 28 heavy (non-hydrogen) atoms. The third-order valence-corrected chi connectivity index (χ3v) is 4.24. The molecule has 1 N–H and O–H groups in total. The van der Waals surface area contributed by atoms with Crippen LogP contribution in [0.5, 0.6) is 5.75 Å². The van der Waals surface area contributed by atoms with Crippen molar-refractivity contribution in [2.24, 2.45) is 0 Å². The van der Waals surface area contributed by atoms with Gasteiger partial charge in [0, 0.05) is 9.26 Å². The number of nitrogens with one attached hydrogen (secondary N) is 1. The number of halogens is 1. The van der Waals surface area contributed by atoms with Crippen LogP contribution in [0, 0.1) is 14.9 Å². The fourth-order valence-corrected chi connectivity index (χ4v) is 2.81. The minimum atomic E-state index is -0.608. The fourth-order valence-electron chi connectivity index (χ4n) is 2.26. The molecule has 1 heterocycles. The van der Waals surface area contributed by atoms with Crippen LogP contribution < -0.4 is 10.1 Å². The number of carbonyl (C=O) groups is 2. The number of amides is 1. The number of furan rings is 1. The maximum absolute atomic E-state index is 12.3. The van der Waals surface area contributed by atoms with Crippen LogP contribution in [0.25, 0.3) is 6.08 Å². The van der Waals surface area contributed by atoms with Crippen molar-refractivity contribution in [1.82, 2.24) is 0 Å². The van der Waals surface area contributed by atoms with E-state index in [-0.39, 0.29) is 11.3 Å². The first-order chi connectivity index (χ1) is 13.5. The molecule has 0 spiro atoms. The number of nitrogens with zero attached hydrogens (tertiary/aromatic N) is 1. The van der Waals surface area contributed by atoms with E-state index in [9.17, 15) is 14.9 Å². The van der Waals surface area contributed by atoms with Crippen molar-refractivity contribution in [2.75, 3.05) is 5.32 Å². The number of ether oxygens (including phenoxy) is 1. The molecule has 0 unspecified atom stereocenters. The molecule has 0 radical (unpaired) electrons. The minimum absolute atomic E-state index is 0.0424. The predicted molar refractivity (Wildman–Crippen MR) is 111 cm³/mol. The molecular weight excluding hydrogens is 471 g/mol. The lowest BCUT2D eigenvalue weighted by molar-refractivity contribution is -0.112. The summed E-state index contributed by atoms with van der Waals surface area (Å²) in [4.78, 5) is 24.2. The topological polar surface area (TPSA) is 92.3 Å². The van der Waals surface area contributed by atoms with Gasteiger partial charge in [-0.3, -0.25) is 4.79 Å². The van der Waals surface area contributed by atoms with E-state index in [1.54, 1.807) is 42.5 Å². The van der Waals surface area contributed by atoms with Crippen LogP contribution in [-0.4, -0.2) is 11.9 Å². The Morgan fingerprint density at radius 2 is 1.89 bits per heavy atom. The summed E-state index contributed by atoms with van der Waals surface area (Å²) in [7, 11) is 0. The third-order valence-electron chi connectivity index (χ3n) is 3.57. The lowest BCUT2D eigenvalue weighted by atomic mass is 10.1. The molecule has 1 amide bonds. The average Bonchev–Trinajstić information content (AvgIpc) is 3.22. The first-order valence-electron chi connectivity index (χ1n) is 8.09. The Morgan fingerprint density at radius 3 is 2.54 bits per heavy atom. The molecule has 3 aromatic rings. The number of hydrogen-bond donors (Lipinski definition) is 1. The van der Waals surface area contributed by atoms with Gasteiger partial charge in [-0.2, -0.15) is 5.26 Å². The maximum Gasteiger partial charge on any atom is 0.379 e. The molecule has 0 saturated heterocycles. The average molecular weight is 484 g/mol. The summed E-state index contributed by atoms with van der Waals surface area (Å²) in [5.74, 6) is -0.691. The Balaban J connectivity index is 1.69. The third kappa shape index (κ3) is 5.08. The first-order valence-corrected chi connectivity index (χ1v) is 9.17.